The summed E-state index contributed by atoms with van der Waals surface area (Å²) in [6.07, 6.45) is 6.28. The smallest absolute Gasteiger partial charge is 0.125 e. The molecule has 1 aromatic carbocycles. The Morgan fingerprint density at radius 2 is 1.64 bits per heavy atom. The minimum absolute atomic E-state index is 1.11. The molecule has 0 amide bonds. The molecular formula is C19H30N2O. The van der Waals surface area contributed by atoms with Gasteiger partial charge in [-0.15, -0.1) is 0 Å². The highest BCUT2D eigenvalue weighted by molar-refractivity contribution is 5.56. The lowest BCUT2D eigenvalue weighted by atomic mass is 9.82. The van der Waals surface area contributed by atoms with Gasteiger partial charge in [-0.25, -0.2) is 0 Å². The molecule has 0 atom stereocenters. The van der Waals surface area contributed by atoms with Crippen LogP contribution in [0.25, 0.3) is 0 Å². The number of nitrogens with one attached hydrogen (secondary N) is 1. The molecule has 3 rings (SSSR count). The highest BCUT2D eigenvalue weighted by Gasteiger charge is 2.22. The molecular weight excluding hydrogens is 272 g/mol. The van der Waals surface area contributed by atoms with E-state index in [1.807, 2.05) is 7.11 Å². The Kier molecular flexibility index (Phi) is 5.04. The van der Waals surface area contributed by atoms with Gasteiger partial charge in [0.2, 0.25) is 0 Å². The zero-order chi connectivity index (χ0) is 15.5. The average molecular weight is 302 g/mol. The molecule has 0 unspecified atom stereocenters. The van der Waals surface area contributed by atoms with E-state index in [0.29, 0.717) is 0 Å². The van der Waals surface area contributed by atoms with Crippen molar-refractivity contribution in [3.8, 4) is 5.75 Å². The normalized spacial score (nSPS) is 19.0. The summed E-state index contributed by atoms with van der Waals surface area (Å²) in [6, 6.07) is 0. The van der Waals surface area contributed by atoms with Gasteiger partial charge in [0, 0.05) is 32.7 Å². The summed E-state index contributed by atoms with van der Waals surface area (Å²) in [6.45, 7) is 10.3. The van der Waals surface area contributed by atoms with Crippen LogP contribution in [0.5, 0.6) is 5.75 Å². The van der Waals surface area contributed by atoms with Gasteiger partial charge in [-0.3, -0.25) is 0 Å². The second-order valence-electron chi connectivity index (χ2n) is 6.77. The number of hydrogen-bond acceptors (Lipinski definition) is 3. The first-order chi connectivity index (χ1) is 10.7. The number of rotatable bonds is 4. The van der Waals surface area contributed by atoms with E-state index in [2.05, 4.69) is 24.1 Å². The third-order valence-corrected chi connectivity index (χ3v) is 5.53. The molecule has 1 aromatic rings. The predicted octanol–water partition coefficient (Wildman–Crippen LogP) is 2.64. The van der Waals surface area contributed by atoms with Gasteiger partial charge in [0.15, 0.2) is 0 Å². The molecule has 1 heterocycles. The summed E-state index contributed by atoms with van der Waals surface area (Å²) in [7, 11) is 1.84. The van der Waals surface area contributed by atoms with Gasteiger partial charge in [-0.2, -0.15) is 0 Å². The number of ether oxygens (including phenoxy) is 1. The Morgan fingerprint density at radius 1 is 1.00 bits per heavy atom. The van der Waals surface area contributed by atoms with Gasteiger partial charge in [0.1, 0.15) is 5.75 Å². The third-order valence-electron chi connectivity index (χ3n) is 5.53. The van der Waals surface area contributed by atoms with Crippen LogP contribution in [0.2, 0.25) is 0 Å². The van der Waals surface area contributed by atoms with Crippen molar-refractivity contribution >= 4 is 0 Å². The highest BCUT2D eigenvalue weighted by atomic mass is 16.5. The largest absolute Gasteiger partial charge is 0.496 e. The minimum atomic E-state index is 1.11. The van der Waals surface area contributed by atoms with Crippen molar-refractivity contribution in [3.63, 3.8) is 0 Å². The van der Waals surface area contributed by atoms with Crippen LogP contribution < -0.4 is 10.1 Å². The molecule has 22 heavy (non-hydrogen) atoms. The molecule has 1 aliphatic heterocycles. The van der Waals surface area contributed by atoms with Crippen LogP contribution in [-0.2, 0) is 19.3 Å². The summed E-state index contributed by atoms with van der Waals surface area (Å²) in [5.74, 6) is 1.16. The number of fused-ring (bicyclic) bond motifs is 1. The van der Waals surface area contributed by atoms with Crippen LogP contribution in [0.3, 0.4) is 0 Å². The van der Waals surface area contributed by atoms with E-state index >= 15 is 0 Å². The lowest BCUT2D eigenvalue weighted by molar-refractivity contribution is 0.243. The predicted molar refractivity (Wildman–Crippen MR) is 92.1 cm³/mol. The van der Waals surface area contributed by atoms with E-state index in [1.54, 1.807) is 11.1 Å². The van der Waals surface area contributed by atoms with E-state index in [1.165, 1.54) is 55.5 Å². The number of piperazine rings is 1. The molecule has 1 aliphatic carbocycles. The maximum atomic E-state index is 5.83. The molecule has 2 aliphatic rings. The van der Waals surface area contributed by atoms with Crippen LogP contribution in [0.15, 0.2) is 0 Å². The molecule has 0 aromatic heterocycles. The highest BCUT2D eigenvalue weighted by Crippen LogP contribution is 2.37. The van der Waals surface area contributed by atoms with Gasteiger partial charge in [-0.1, -0.05) is 0 Å². The maximum Gasteiger partial charge on any atom is 0.125 e. The van der Waals surface area contributed by atoms with Crippen molar-refractivity contribution in [3.05, 3.63) is 27.8 Å². The van der Waals surface area contributed by atoms with E-state index in [4.69, 9.17) is 4.74 Å². The Hall–Kier alpha value is -1.06. The monoisotopic (exact) mass is 302 g/mol. The molecule has 0 radical (unpaired) electrons. The Balaban J connectivity index is 1.86. The van der Waals surface area contributed by atoms with Crippen molar-refractivity contribution in [2.24, 2.45) is 0 Å². The summed E-state index contributed by atoms with van der Waals surface area (Å²) in [4.78, 5) is 2.57. The topological polar surface area (TPSA) is 24.5 Å². The first-order valence-electron chi connectivity index (χ1n) is 8.83. The summed E-state index contributed by atoms with van der Waals surface area (Å²) in [5, 5.41) is 3.43. The first-order valence-corrected chi connectivity index (χ1v) is 8.83. The van der Waals surface area contributed by atoms with Crippen molar-refractivity contribution in [1.29, 1.82) is 0 Å². The van der Waals surface area contributed by atoms with Crippen LogP contribution in [0, 0.1) is 13.8 Å². The van der Waals surface area contributed by atoms with Gasteiger partial charge >= 0.3 is 0 Å². The van der Waals surface area contributed by atoms with E-state index in [0.717, 1.165) is 31.8 Å². The second-order valence-corrected chi connectivity index (χ2v) is 6.77. The lowest BCUT2D eigenvalue weighted by Gasteiger charge is -2.29. The molecule has 122 valence electrons. The molecule has 0 spiro atoms. The molecule has 1 saturated heterocycles. The van der Waals surface area contributed by atoms with Crippen LogP contribution in [0.4, 0.5) is 0 Å². The summed E-state index contributed by atoms with van der Waals surface area (Å²) >= 11 is 0. The van der Waals surface area contributed by atoms with E-state index < -0.39 is 0 Å². The zero-order valence-corrected chi connectivity index (χ0v) is 14.4. The minimum Gasteiger partial charge on any atom is -0.496 e. The molecule has 1 N–H and O–H groups in total. The number of hydrogen-bond donors (Lipinski definition) is 1. The average Bonchev–Trinajstić information content (AvgIpc) is 2.57. The Labute approximate surface area is 135 Å². The SMILES string of the molecule is COc1c(C)c2c(c(C)c1CCN1CCNCC1)CCCC2. The van der Waals surface area contributed by atoms with E-state index in [9.17, 15) is 0 Å². The third kappa shape index (κ3) is 3.02. The van der Waals surface area contributed by atoms with Gasteiger partial charge in [0.25, 0.3) is 0 Å². The fourth-order valence-electron chi connectivity index (χ4n) is 4.23. The number of benzene rings is 1. The lowest BCUT2D eigenvalue weighted by Crippen LogP contribution is -2.44. The van der Waals surface area contributed by atoms with Gasteiger partial charge < -0.3 is 15.0 Å². The molecule has 1 fully saturated rings. The van der Waals surface area contributed by atoms with Crippen LogP contribution in [-0.4, -0.2) is 44.7 Å². The van der Waals surface area contributed by atoms with Gasteiger partial charge in [-0.05, 0) is 73.8 Å². The maximum absolute atomic E-state index is 5.83. The van der Waals surface area contributed by atoms with Crippen molar-refractivity contribution < 1.29 is 4.74 Å². The number of methoxy groups -OCH3 is 1. The van der Waals surface area contributed by atoms with Crippen molar-refractivity contribution in [2.45, 2.75) is 46.0 Å². The fraction of sp³-hybridized carbons (Fsp3) is 0.684. The quantitative estimate of drug-likeness (QED) is 0.925. The molecule has 0 saturated carbocycles. The number of nitrogens with zero attached hydrogens (tertiary/aromatic N) is 1. The fourth-order valence-corrected chi connectivity index (χ4v) is 4.23. The van der Waals surface area contributed by atoms with Crippen molar-refractivity contribution in [1.82, 2.24) is 10.2 Å². The zero-order valence-electron chi connectivity index (χ0n) is 14.4. The Morgan fingerprint density at radius 3 is 2.27 bits per heavy atom. The first kappa shape index (κ1) is 15.8. The van der Waals surface area contributed by atoms with Crippen LogP contribution in [0.1, 0.15) is 40.7 Å². The summed E-state index contributed by atoms with van der Waals surface area (Å²) in [5.41, 5.74) is 7.57. The van der Waals surface area contributed by atoms with Crippen LogP contribution >= 0.6 is 0 Å². The molecule has 3 heteroatoms. The molecule has 3 nitrogen and oxygen atoms in total. The van der Waals surface area contributed by atoms with E-state index in [-0.39, 0.29) is 0 Å². The standard InChI is InChI=1S/C19H30N2O/c1-14-16-6-4-5-7-17(16)15(2)19(22-3)18(14)8-11-21-12-9-20-10-13-21/h20H,4-13H2,1-3H3. The molecule has 0 bridgehead atoms. The van der Waals surface area contributed by atoms with Crippen molar-refractivity contribution in [2.75, 3.05) is 39.8 Å². The Bertz CT molecular complexity index is 533. The second kappa shape index (κ2) is 7.01. The van der Waals surface area contributed by atoms with Gasteiger partial charge in [0.05, 0.1) is 7.11 Å². The summed E-state index contributed by atoms with van der Waals surface area (Å²) < 4.78 is 5.83.